The van der Waals surface area contributed by atoms with Crippen molar-refractivity contribution in [2.75, 3.05) is 5.75 Å². The second-order valence-electron chi connectivity index (χ2n) is 5.89. The Morgan fingerprint density at radius 2 is 1.76 bits per heavy atom. The Morgan fingerprint density at radius 3 is 2.44 bits per heavy atom. The maximum atomic E-state index is 12.1. The van der Waals surface area contributed by atoms with Gasteiger partial charge in [-0.2, -0.15) is 0 Å². The van der Waals surface area contributed by atoms with Crippen LogP contribution < -0.4 is 5.32 Å². The Hall–Kier alpha value is -2.27. The van der Waals surface area contributed by atoms with E-state index in [0.29, 0.717) is 6.54 Å². The van der Waals surface area contributed by atoms with Crippen molar-refractivity contribution in [2.45, 2.75) is 38.3 Å². The zero-order valence-electron chi connectivity index (χ0n) is 14.7. The third-order valence-corrected chi connectivity index (χ3v) is 4.85. The van der Waals surface area contributed by atoms with Gasteiger partial charge in [0.2, 0.25) is 0 Å². The maximum Gasteiger partial charge on any atom is 0.317 e. The van der Waals surface area contributed by atoms with Gasteiger partial charge in [-0.1, -0.05) is 48.0 Å². The lowest BCUT2D eigenvalue weighted by Crippen LogP contribution is -2.35. The summed E-state index contributed by atoms with van der Waals surface area (Å²) < 4.78 is 5.21. The van der Waals surface area contributed by atoms with Gasteiger partial charge in [0, 0.05) is 11.4 Å². The molecule has 2 aromatic rings. The minimum Gasteiger partial charge on any atom is -0.452 e. The molecule has 0 aliphatic rings. The summed E-state index contributed by atoms with van der Waals surface area (Å²) in [7, 11) is 0. The summed E-state index contributed by atoms with van der Waals surface area (Å²) in [6.45, 7) is 6.01. The van der Waals surface area contributed by atoms with Crippen molar-refractivity contribution in [3.8, 4) is 0 Å². The molecule has 2 rings (SSSR count). The van der Waals surface area contributed by atoms with Crippen LogP contribution in [0.1, 0.15) is 23.6 Å². The normalized spacial score (nSPS) is 11.6. The van der Waals surface area contributed by atoms with Crippen LogP contribution in [0.3, 0.4) is 0 Å². The fraction of sp³-hybridized carbons (Fsp3) is 0.300. The fourth-order valence-electron chi connectivity index (χ4n) is 2.18. The molecule has 4 nitrogen and oxygen atoms in total. The number of carbonyl (C=O) groups excluding carboxylic acids is 2. The summed E-state index contributed by atoms with van der Waals surface area (Å²) in [4.78, 5) is 25.0. The number of hydrogen-bond acceptors (Lipinski definition) is 4. The number of amides is 1. The largest absolute Gasteiger partial charge is 0.452 e. The van der Waals surface area contributed by atoms with Gasteiger partial charge in [-0.05, 0) is 38.0 Å². The lowest BCUT2D eigenvalue weighted by Gasteiger charge is -2.14. The molecule has 2 aromatic carbocycles. The molecule has 5 heteroatoms. The van der Waals surface area contributed by atoms with Crippen LogP contribution in [0.4, 0.5) is 0 Å². The third-order valence-electron chi connectivity index (χ3n) is 3.70. The van der Waals surface area contributed by atoms with Crippen molar-refractivity contribution in [3.05, 3.63) is 65.2 Å². The van der Waals surface area contributed by atoms with Crippen molar-refractivity contribution in [1.29, 1.82) is 0 Å². The van der Waals surface area contributed by atoms with Crippen LogP contribution in [0.2, 0.25) is 0 Å². The van der Waals surface area contributed by atoms with Crippen LogP contribution >= 0.6 is 11.8 Å². The summed E-state index contributed by atoms with van der Waals surface area (Å²) in [6, 6.07) is 15.8. The summed E-state index contributed by atoms with van der Waals surface area (Å²) in [5.74, 6) is -0.512. The van der Waals surface area contributed by atoms with Gasteiger partial charge in [-0.15, -0.1) is 11.8 Å². The van der Waals surface area contributed by atoms with Gasteiger partial charge in [-0.25, -0.2) is 0 Å². The standard InChI is InChI=1S/C20H23NO3S/c1-14-8-10-17(11-9-14)12-21-20(23)16(3)24-19(22)13-25-18-7-5-4-6-15(18)2/h4-11,16H,12-13H2,1-3H3,(H,21,23)/t16-/m1/s1. The number of rotatable bonds is 7. The summed E-state index contributed by atoms with van der Waals surface area (Å²) in [5, 5.41) is 2.78. The molecule has 0 saturated heterocycles. The number of hydrogen-bond donors (Lipinski definition) is 1. The highest BCUT2D eigenvalue weighted by Crippen LogP contribution is 2.21. The minimum absolute atomic E-state index is 0.181. The van der Waals surface area contributed by atoms with Crippen LogP contribution in [0, 0.1) is 13.8 Å². The molecule has 0 radical (unpaired) electrons. The number of nitrogens with one attached hydrogen (secondary N) is 1. The van der Waals surface area contributed by atoms with E-state index in [2.05, 4.69) is 5.32 Å². The van der Waals surface area contributed by atoms with Crippen molar-refractivity contribution in [2.24, 2.45) is 0 Å². The molecule has 0 saturated carbocycles. The zero-order chi connectivity index (χ0) is 18.2. The molecule has 0 unspecified atom stereocenters. The molecule has 0 spiro atoms. The molecular weight excluding hydrogens is 334 g/mol. The van der Waals surface area contributed by atoms with Crippen LogP contribution in [-0.2, 0) is 20.9 Å². The first-order valence-corrected chi connectivity index (χ1v) is 9.15. The SMILES string of the molecule is Cc1ccc(CNC(=O)[C@@H](C)OC(=O)CSc2ccccc2C)cc1. The zero-order valence-corrected chi connectivity index (χ0v) is 15.6. The summed E-state index contributed by atoms with van der Waals surface area (Å²) in [6.07, 6.45) is -0.810. The van der Waals surface area contributed by atoms with E-state index in [9.17, 15) is 9.59 Å². The number of carbonyl (C=O) groups is 2. The van der Waals surface area contributed by atoms with Gasteiger partial charge in [0.05, 0.1) is 5.75 Å². The van der Waals surface area contributed by atoms with Gasteiger partial charge in [0.25, 0.3) is 5.91 Å². The molecule has 0 aliphatic heterocycles. The van der Waals surface area contributed by atoms with Crippen LogP contribution in [0.15, 0.2) is 53.4 Å². The van der Waals surface area contributed by atoms with E-state index >= 15 is 0 Å². The van der Waals surface area contributed by atoms with Gasteiger partial charge < -0.3 is 10.1 Å². The molecule has 132 valence electrons. The first kappa shape index (κ1) is 19.1. The monoisotopic (exact) mass is 357 g/mol. The Kier molecular flexibility index (Phi) is 7.07. The molecule has 1 atom stereocenters. The van der Waals surface area contributed by atoms with Crippen molar-refractivity contribution in [3.63, 3.8) is 0 Å². The maximum absolute atomic E-state index is 12.1. The van der Waals surface area contributed by atoms with Gasteiger partial charge in [0.1, 0.15) is 0 Å². The van der Waals surface area contributed by atoms with E-state index in [0.717, 1.165) is 16.0 Å². The highest BCUT2D eigenvalue weighted by molar-refractivity contribution is 8.00. The van der Waals surface area contributed by atoms with E-state index < -0.39 is 12.1 Å². The molecule has 25 heavy (non-hydrogen) atoms. The first-order valence-electron chi connectivity index (χ1n) is 8.17. The van der Waals surface area contributed by atoms with Crippen molar-refractivity contribution in [1.82, 2.24) is 5.32 Å². The molecule has 1 N–H and O–H groups in total. The van der Waals surface area contributed by atoms with E-state index in [-0.39, 0.29) is 11.7 Å². The molecule has 1 amide bonds. The first-order chi connectivity index (χ1) is 12.0. The lowest BCUT2D eigenvalue weighted by molar-refractivity contribution is -0.152. The predicted octanol–water partition coefficient (Wildman–Crippen LogP) is 3.64. The second kappa shape index (κ2) is 9.28. The Labute approximate surface area is 153 Å². The molecule has 0 heterocycles. The number of esters is 1. The van der Waals surface area contributed by atoms with E-state index in [1.807, 2.05) is 62.4 Å². The number of benzene rings is 2. The van der Waals surface area contributed by atoms with Gasteiger partial charge >= 0.3 is 5.97 Å². The Balaban J connectivity index is 1.75. The highest BCUT2D eigenvalue weighted by Gasteiger charge is 2.17. The number of aryl methyl sites for hydroxylation is 2. The van der Waals surface area contributed by atoms with Crippen molar-refractivity contribution >= 4 is 23.6 Å². The minimum atomic E-state index is -0.810. The highest BCUT2D eigenvalue weighted by atomic mass is 32.2. The van der Waals surface area contributed by atoms with Crippen molar-refractivity contribution < 1.29 is 14.3 Å². The quantitative estimate of drug-likeness (QED) is 0.607. The summed E-state index contributed by atoms with van der Waals surface area (Å²) in [5.41, 5.74) is 3.29. The van der Waals surface area contributed by atoms with Gasteiger partial charge in [0.15, 0.2) is 6.10 Å². The molecule has 0 aliphatic carbocycles. The Morgan fingerprint density at radius 1 is 1.08 bits per heavy atom. The third kappa shape index (κ3) is 6.27. The molecule has 0 aromatic heterocycles. The van der Waals surface area contributed by atoms with Crippen LogP contribution in [0.25, 0.3) is 0 Å². The average molecular weight is 357 g/mol. The van der Waals surface area contributed by atoms with E-state index in [1.165, 1.54) is 17.3 Å². The smallest absolute Gasteiger partial charge is 0.317 e. The number of ether oxygens (including phenoxy) is 1. The topological polar surface area (TPSA) is 55.4 Å². The lowest BCUT2D eigenvalue weighted by atomic mass is 10.1. The second-order valence-corrected chi connectivity index (χ2v) is 6.91. The van der Waals surface area contributed by atoms with Crippen LogP contribution in [-0.4, -0.2) is 23.7 Å². The molecule has 0 fully saturated rings. The van der Waals surface area contributed by atoms with Crippen LogP contribution in [0.5, 0.6) is 0 Å². The fourth-order valence-corrected chi connectivity index (χ4v) is 2.99. The van der Waals surface area contributed by atoms with E-state index in [1.54, 1.807) is 6.92 Å². The average Bonchev–Trinajstić information content (AvgIpc) is 2.60. The van der Waals surface area contributed by atoms with E-state index in [4.69, 9.17) is 4.74 Å². The van der Waals surface area contributed by atoms with Gasteiger partial charge in [-0.3, -0.25) is 9.59 Å². The summed E-state index contributed by atoms with van der Waals surface area (Å²) >= 11 is 1.41. The number of thioether (sulfide) groups is 1. The molecular formula is C20H23NO3S. The predicted molar refractivity (Wildman–Crippen MR) is 100 cm³/mol. The molecule has 0 bridgehead atoms. The Bertz CT molecular complexity index is 728.